The van der Waals surface area contributed by atoms with Crippen LogP contribution in [0.5, 0.6) is 0 Å². The van der Waals surface area contributed by atoms with Crippen LogP contribution in [-0.4, -0.2) is 55.1 Å². The molecule has 27 heavy (non-hydrogen) atoms. The number of rotatable bonds is 7. The first-order valence-corrected chi connectivity index (χ1v) is 9.44. The fourth-order valence-electron chi connectivity index (χ4n) is 2.80. The highest BCUT2D eigenvalue weighted by Gasteiger charge is 2.11. The summed E-state index contributed by atoms with van der Waals surface area (Å²) < 4.78 is 12.9. The van der Waals surface area contributed by atoms with Gasteiger partial charge in [-0.3, -0.25) is 9.69 Å². The van der Waals surface area contributed by atoms with E-state index in [-0.39, 0.29) is 36.5 Å². The Morgan fingerprint density at radius 3 is 2.63 bits per heavy atom. The van der Waals surface area contributed by atoms with Gasteiger partial charge in [-0.05, 0) is 17.7 Å². The predicted molar refractivity (Wildman–Crippen MR) is 112 cm³/mol. The lowest BCUT2D eigenvalue weighted by Gasteiger charge is -2.27. The number of aromatic nitrogens is 1. The van der Waals surface area contributed by atoms with Crippen molar-refractivity contribution < 1.29 is 9.18 Å². The number of nitrogens with zero attached hydrogens (tertiary/aromatic N) is 2. The van der Waals surface area contributed by atoms with Gasteiger partial charge in [0.05, 0.1) is 17.1 Å². The van der Waals surface area contributed by atoms with Gasteiger partial charge in [0.25, 0.3) is 0 Å². The van der Waals surface area contributed by atoms with E-state index in [9.17, 15) is 9.18 Å². The highest BCUT2D eigenvalue weighted by molar-refractivity contribution is 7.09. The summed E-state index contributed by atoms with van der Waals surface area (Å²) in [5.41, 5.74) is 1.81. The van der Waals surface area contributed by atoms with E-state index in [0.29, 0.717) is 19.4 Å². The van der Waals surface area contributed by atoms with E-state index < -0.39 is 0 Å². The molecule has 1 saturated heterocycles. The molecule has 0 spiro atoms. The molecule has 2 heterocycles. The second kappa shape index (κ2) is 12.3. The van der Waals surface area contributed by atoms with Crippen molar-refractivity contribution >= 4 is 42.1 Å². The number of nitrogens with one attached hydrogen (secondary N) is 2. The monoisotopic (exact) mass is 434 g/mol. The minimum atomic E-state index is -0.235. The summed E-state index contributed by atoms with van der Waals surface area (Å²) in [6.45, 7) is 5.67. The molecule has 1 aromatic carbocycles. The van der Waals surface area contributed by atoms with E-state index in [1.807, 2.05) is 5.38 Å². The number of hydrogen-bond donors (Lipinski definition) is 2. The molecule has 1 amide bonds. The maximum Gasteiger partial charge on any atom is 0.226 e. The summed E-state index contributed by atoms with van der Waals surface area (Å²) in [6, 6.07) is 6.43. The predicted octanol–water partition coefficient (Wildman–Crippen LogP) is 2.28. The quantitative estimate of drug-likeness (QED) is 0.701. The second-order valence-corrected chi connectivity index (χ2v) is 7.10. The van der Waals surface area contributed by atoms with E-state index in [4.69, 9.17) is 0 Å². The Balaban J connectivity index is 0.00000182. The zero-order valence-electron chi connectivity index (χ0n) is 14.9. The molecule has 0 radical (unpaired) electrons. The third-order valence-corrected chi connectivity index (χ3v) is 5.07. The number of halogens is 3. The lowest BCUT2D eigenvalue weighted by atomic mass is 10.1. The number of carbonyl (C=O) groups excluding carboxylic acids is 1. The van der Waals surface area contributed by atoms with Crippen molar-refractivity contribution in [2.45, 2.75) is 12.8 Å². The van der Waals surface area contributed by atoms with Crippen LogP contribution in [0.15, 0.2) is 29.6 Å². The Bertz CT molecular complexity index is 693. The van der Waals surface area contributed by atoms with Crippen molar-refractivity contribution in [2.75, 3.05) is 39.3 Å². The van der Waals surface area contributed by atoms with Crippen LogP contribution in [0.25, 0.3) is 0 Å². The smallest absolute Gasteiger partial charge is 0.226 e. The molecule has 0 unspecified atom stereocenters. The molecular weight excluding hydrogens is 410 g/mol. The van der Waals surface area contributed by atoms with Crippen LogP contribution in [0.3, 0.4) is 0 Å². The first kappa shape index (κ1) is 23.8. The van der Waals surface area contributed by atoms with Crippen LogP contribution >= 0.6 is 36.2 Å². The van der Waals surface area contributed by atoms with Gasteiger partial charge < -0.3 is 10.6 Å². The van der Waals surface area contributed by atoms with Crippen molar-refractivity contribution in [3.63, 3.8) is 0 Å². The van der Waals surface area contributed by atoms with E-state index in [1.54, 1.807) is 12.1 Å². The molecule has 1 fully saturated rings. The lowest BCUT2D eigenvalue weighted by Crippen LogP contribution is -2.46. The fraction of sp³-hybridized carbons (Fsp3) is 0.444. The molecule has 3 rings (SSSR count). The Hall–Kier alpha value is -1.25. The number of benzene rings is 1. The van der Waals surface area contributed by atoms with Gasteiger partial charge in [0.1, 0.15) is 5.82 Å². The summed E-state index contributed by atoms with van der Waals surface area (Å²) >= 11 is 1.54. The molecule has 1 aliphatic rings. The van der Waals surface area contributed by atoms with Crippen LogP contribution in [-0.2, 0) is 17.6 Å². The Morgan fingerprint density at radius 1 is 1.22 bits per heavy atom. The van der Waals surface area contributed by atoms with Crippen molar-refractivity contribution in [1.29, 1.82) is 0 Å². The topological polar surface area (TPSA) is 57.3 Å². The van der Waals surface area contributed by atoms with Gasteiger partial charge in [-0.2, -0.15) is 0 Å². The molecule has 0 aliphatic carbocycles. The minimum absolute atomic E-state index is 0. The highest BCUT2D eigenvalue weighted by Crippen LogP contribution is 2.15. The lowest BCUT2D eigenvalue weighted by molar-refractivity contribution is -0.120. The van der Waals surface area contributed by atoms with E-state index in [0.717, 1.165) is 49.0 Å². The molecule has 0 bridgehead atoms. The zero-order valence-corrected chi connectivity index (χ0v) is 17.4. The SMILES string of the molecule is Cl.Cl.O=C(Cc1csc(Cc2ccc(F)cc2)n1)NCCN1CCNCC1. The first-order valence-electron chi connectivity index (χ1n) is 8.56. The largest absolute Gasteiger partial charge is 0.354 e. The Morgan fingerprint density at radius 2 is 1.93 bits per heavy atom. The third kappa shape index (κ3) is 8.11. The molecule has 9 heteroatoms. The summed E-state index contributed by atoms with van der Waals surface area (Å²) in [6.07, 6.45) is 0.969. The van der Waals surface area contributed by atoms with Gasteiger partial charge >= 0.3 is 0 Å². The van der Waals surface area contributed by atoms with Crippen LogP contribution in [0.2, 0.25) is 0 Å². The summed E-state index contributed by atoms with van der Waals surface area (Å²) in [5, 5.41) is 9.15. The van der Waals surface area contributed by atoms with Crippen molar-refractivity contribution in [3.05, 3.63) is 51.7 Å². The Labute approximate surface area is 175 Å². The maximum absolute atomic E-state index is 12.9. The molecule has 2 N–H and O–H groups in total. The van der Waals surface area contributed by atoms with Crippen molar-refractivity contribution in [2.24, 2.45) is 0 Å². The molecule has 1 aliphatic heterocycles. The van der Waals surface area contributed by atoms with Crippen LogP contribution in [0, 0.1) is 5.82 Å². The second-order valence-electron chi connectivity index (χ2n) is 6.15. The molecule has 0 saturated carbocycles. The maximum atomic E-state index is 12.9. The average molecular weight is 435 g/mol. The van der Waals surface area contributed by atoms with Gasteiger partial charge in [0.15, 0.2) is 0 Å². The first-order chi connectivity index (χ1) is 12.2. The van der Waals surface area contributed by atoms with Crippen LogP contribution in [0.4, 0.5) is 4.39 Å². The molecule has 5 nitrogen and oxygen atoms in total. The minimum Gasteiger partial charge on any atom is -0.354 e. The zero-order chi connectivity index (χ0) is 17.5. The standard InChI is InChI=1S/C18H23FN4OS.2ClH/c19-15-3-1-14(2-4-15)11-18-22-16(13-25-18)12-17(24)21-7-10-23-8-5-20-6-9-23;;/h1-4,13,20H,5-12H2,(H,21,24);2*1H. The van der Waals surface area contributed by atoms with Crippen LogP contribution in [0.1, 0.15) is 16.3 Å². The number of hydrogen-bond acceptors (Lipinski definition) is 5. The van der Waals surface area contributed by atoms with Gasteiger partial charge in [-0.25, -0.2) is 9.37 Å². The molecular formula is C18H25Cl2FN4OS. The third-order valence-electron chi connectivity index (χ3n) is 4.17. The van der Waals surface area contributed by atoms with E-state index in [1.165, 1.54) is 23.5 Å². The van der Waals surface area contributed by atoms with Crippen molar-refractivity contribution in [1.82, 2.24) is 20.5 Å². The van der Waals surface area contributed by atoms with Gasteiger partial charge in [0, 0.05) is 51.1 Å². The molecule has 2 aromatic rings. The normalized spacial score (nSPS) is 14.1. The van der Waals surface area contributed by atoms with Crippen molar-refractivity contribution in [3.8, 4) is 0 Å². The van der Waals surface area contributed by atoms with E-state index in [2.05, 4.69) is 20.5 Å². The number of carbonyl (C=O) groups is 1. The number of thiazole rings is 1. The van der Waals surface area contributed by atoms with E-state index >= 15 is 0 Å². The summed E-state index contributed by atoms with van der Waals surface area (Å²) in [5.74, 6) is -0.227. The van der Waals surface area contributed by atoms with Crippen LogP contribution < -0.4 is 10.6 Å². The van der Waals surface area contributed by atoms with Gasteiger partial charge in [-0.15, -0.1) is 36.2 Å². The molecule has 0 atom stereocenters. The van der Waals surface area contributed by atoms with Gasteiger partial charge in [0.2, 0.25) is 5.91 Å². The van der Waals surface area contributed by atoms with Gasteiger partial charge in [-0.1, -0.05) is 12.1 Å². The molecule has 1 aromatic heterocycles. The summed E-state index contributed by atoms with van der Waals surface area (Å²) in [4.78, 5) is 18.9. The summed E-state index contributed by atoms with van der Waals surface area (Å²) in [7, 11) is 0. The highest BCUT2D eigenvalue weighted by atomic mass is 35.5. The number of amides is 1. The average Bonchev–Trinajstić information content (AvgIpc) is 3.05. The fourth-order valence-corrected chi connectivity index (χ4v) is 3.63. The Kier molecular flexibility index (Phi) is 10.8. The molecule has 150 valence electrons. The number of piperazine rings is 1.